The van der Waals surface area contributed by atoms with Crippen LogP contribution < -0.4 is 10.6 Å². The van der Waals surface area contributed by atoms with Crippen LogP contribution in [0.4, 0.5) is 0 Å². The molecule has 0 amide bonds. The van der Waals surface area contributed by atoms with Crippen LogP contribution in [0.5, 0.6) is 0 Å². The molecule has 82 valence electrons. The van der Waals surface area contributed by atoms with Gasteiger partial charge in [-0.15, -0.1) is 0 Å². The Kier molecular flexibility index (Phi) is 3.45. The van der Waals surface area contributed by atoms with Gasteiger partial charge in [0, 0.05) is 18.1 Å². The summed E-state index contributed by atoms with van der Waals surface area (Å²) in [7, 11) is 0. The molecule has 0 aromatic carbocycles. The van der Waals surface area contributed by atoms with E-state index in [2.05, 4.69) is 24.5 Å². The quantitative estimate of drug-likeness (QED) is 0.705. The lowest BCUT2D eigenvalue weighted by molar-refractivity contribution is 0.289. The second kappa shape index (κ2) is 4.63. The molecule has 2 nitrogen and oxygen atoms in total. The molecule has 2 heteroatoms. The SMILES string of the molecule is CC1CCC(NC2CCCNC2C)C1. The molecule has 14 heavy (non-hydrogen) atoms. The van der Waals surface area contributed by atoms with Crippen molar-refractivity contribution in [3.05, 3.63) is 0 Å². The fourth-order valence-corrected chi connectivity index (χ4v) is 2.93. The van der Waals surface area contributed by atoms with Gasteiger partial charge in [0.25, 0.3) is 0 Å². The summed E-state index contributed by atoms with van der Waals surface area (Å²) in [5.41, 5.74) is 0. The first-order valence-corrected chi connectivity index (χ1v) is 6.25. The van der Waals surface area contributed by atoms with Crippen LogP contribution in [0.3, 0.4) is 0 Å². The van der Waals surface area contributed by atoms with Gasteiger partial charge >= 0.3 is 0 Å². The van der Waals surface area contributed by atoms with Crippen molar-refractivity contribution in [3.8, 4) is 0 Å². The van der Waals surface area contributed by atoms with Crippen LogP contribution in [0.15, 0.2) is 0 Å². The third kappa shape index (κ3) is 2.48. The molecular weight excluding hydrogens is 172 g/mol. The summed E-state index contributed by atoms with van der Waals surface area (Å²) >= 11 is 0. The second-order valence-electron chi connectivity index (χ2n) is 5.27. The molecule has 4 unspecified atom stereocenters. The van der Waals surface area contributed by atoms with E-state index in [1.807, 2.05) is 0 Å². The number of piperidine rings is 1. The lowest BCUT2D eigenvalue weighted by atomic mass is 9.98. The normalized spacial score (nSPS) is 44.1. The topological polar surface area (TPSA) is 24.1 Å². The fourth-order valence-electron chi connectivity index (χ4n) is 2.93. The van der Waals surface area contributed by atoms with Crippen molar-refractivity contribution in [2.75, 3.05) is 6.54 Å². The minimum atomic E-state index is 0.666. The molecule has 1 aliphatic carbocycles. The monoisotopic (exact) mass is 196 g/mol. The third-order valence-electron chi connectivity index (χ3n) is 3.91. The van der Waals surface area contributed by atoms with Gasteiger partial charge in [-0.3, -0.25) is 0 Å². The highest BCUT2D eigenvalue weighted by Gasteiger charge is 2.27. The van der Waals surface area contributed by atoms with Crippen molar-refractivity contribution in [1.82, 2.24) is 10.6 Å². The van der Waals surface area contributed by atoms with E-state index in [4.69, 9.17) is 0 Å². The molecule has 0 aromatic rings. The molecular formula is C12H24N2. The van der Waals surface area contributed by atoms with Crippen LogP contribution >= 0.6 is 0 Å². The second-order valence-corrected chi connectivity index (χ2v) is 5.27. The van der Waals surface area contributed by atoms with Crippen molar-refractivity contribution in [3.63, 3.8) is 0 Å². The molecule has 2 aliphatic rings. The van der Waals surface area contributed by atoms with Gasteiger partial charge in [-0.1, -0.05) is 6.92 Å². The van der Waals surface area contributed by atoms with E-state index in [1.165, 1.54) is 38.6 Å². The Morgan fingerprint density at radius 3 is 2.64 bits per heavy atom. The average Bonchev–Trinajstić information content (AvgIpc) is 2.56. The van der Waals surface area contributed by atoms with E-state index in [9.17, 15) is 0 Å². The molecule has 2 fully saturated rings. The zero-order chi connectivity index (χ0) is 9.97. The van der Waals surface area contributed by atoms with Gasteiger partial charge < -0.3 is 10.6 Å². The van der Waals surface area contributed by atoms with Crippen LogP contribution in [0.25, 0.3) is 0 Å². The van der Waals surface area contributed by atoms with Crippen molar-refractivity contribution < 1.29 is 0 Å². The molecule has 1 aliphatic heterocycles. The number of hydrogen-bond donors (Lipinski definition) is 2. The summed E-state index contributed by atoms with van der Waals surface area (Å²) in [6.45, 7) is 5.90. The average molecular weight is 196 g/mol. The van der Waals surface area contributed by atoms with E-state index >= 15 is 0 Å². The summed E-state index contributed by atoms with van der Waals surface area (Å²) in [5, 5.41) is 7.39. The molecule has 1 saturated heterocycles. The predicted octanol–water partition coefficient (Wildman–Crippen LogP) is 1.91. The first kappa shape index (κ1) is 10.4. The number of nitrogens with one attached hydrogen (secondary N) is 2. The van der Waals surface area contributed by atoms with E-state index < -0.39 is 0 Å². The van der Waals surface area contributed by atoms with Crippen molar-refractivity contribution in [2.45, 2.75) is 64.1 Å². The summed E-state index contributed by atoms with van der Waals surface area (Å²) in [6.07, 6.45) is 6.91. The van der Waals surface area contributed by atoms with Gasteiger partial charge in [-0.25, -0.2) is 0 Å². The first-order valence-electron chi connectivity index (χ1n) is 6.25. The Morgan fingerprint density at radius 1 is 1.14 bits per heavy atom. The Bertz CT molecular complexity index is 181. The van der Waals surface area contributed by atoms with E-state index in [-0.39, 0.29) is 0 Å². The van der Waals surface area contributed by atoms with Crippen molar-refractivity contribution in [1.29, 1.82) is 0 Å². The Hall–Kier alpha value is -0.0800. The lowest BCUT2D eigenvalue weighted by Crippen LogP contribution is -2.52. The summed E-state index contributed by atoms with van der Waals surface area (Å²) < 4.78 is 0. The highest BCUT2D eigenvalue weighted by molar-refractivity contribution is 4.88. The zero-order valence-electron chi connectivity index (χ0n) is 9.55. The fraction of sp³-hybridized carbons (Fsp3) is 1.00. The largest absolute Gasteiger partial charge is 0.313 e. The van der Waals surface area contributed by atoms with Gasteiger partial charge in [0.2, 0.25) is 0 Å². The molecule has 0 bridgehead atoms. The minimum Gasteiger partial charge on any atom is -0.313 e. The van der Waals surface area contributed by atoms with Crippen LogP contribution in [-0.4, -0.2) is 24.7 Å². The molecule has 0 radical (unpaired) electrons. The summed E-state index contributed by atoms with van der Waals surface area (Å²) in [6, 6.07) is 2.19. The van der Waals surface area contributed by atoms with Gasteiger partial charge in [-0.2, -0.15) is 0 Å². The summed E-state index contributed by atoms with van der Waals surface area (Å²) in [4.78, 5) is 0. The maximum atomic E-state index is 3.84. The van der Waals surface area contributed by atoms with Gasteiger partial charge in [0.1, 0.15) is 0 Å². The Morgan fingerprint density at radius 2 is 2.00 bits per heavy atom. The summed E-state index contributed by atoms with van der Waals surface area (Å²) in [5.74, 6) is 0.944. The Labute approximate surface area is 87.8 Å². The van der Waals surface area contributed by atoms with Gasteiger partial charge in [0.15, 0.2) is 0 Å². The third-order valence-corrected chi connectivity index (χ3v) is 3.91. The first-order chi connectivity index (χ1) is 6.75. The lowest BCUT2D eigenvalue weighted by Gasteiger charge is -2.33. The van der Waals surface area contributed by atoms with Gasteiger partial charge in [0.05, 0.1) is 0 Å². The van der Waals surface area contributed by atoms with Crippen molar-refractivity contribution in [2.24, 2.45) is 5.92 Å². The molecule has 2 rings (SSSR count). The number of hydrogen-bond acceptors (Lipinski definition) is 2. The number of rotatable bonds is 2. The van der Waals surface area contributed by atoms with E-state index in [1.54, 1.807) is 0 Å². The molecule has 1 heterocycles. The van der Waals surface area contributed by atoms with Gasteiger partial charge in [-0.05, 0) is 51.5 Å². The highest BCUT2D eigenvalue weighted by atomic mass is 15.1. The Balaban J connectivity index is 1.78. The maximum absolute atomic E-state index is 3.84. The van der Waals surface area contributed by atoms with Crippen LogP contribution in [0.2, 0.25) is 0 Å². The standard InChI is InChI=1S/C12H24N2/c1-9-5-6-11(8-9)14-12-4-3-7-13-10(12)2/h9-14H,3-8H2,1-2H3. The van der Waals surface area contributed by atoms with E-state index in [0.29, 0.717) is 6.04 Å². The molecule has 2 N–H and O–H groups in total. The van der Waals surface area contributed by atoms with E-state index in [0.717, 1.165) is 18.0 Å². The van der Waals surface area contributed by atoms with Crippen LogP contribution in [0.1, 0.15) is 46.0 Å². The zero-order valence-corrected chi connectivity index (χ0v) is 9.55. The molecule has 4 atom stereocenters. The molecule has 1 saturated carbocycles. The van der Waals surface area contributed by atoms with Crippen LogP contribution in [0, 0.1) is 5.92 Å². The minimum absolute atomic E-state index is 0.666. The highest BCUT2D eigenvalue weighted by Crippen LogP contribution is 2.25. The van der Waals surface area contributed by atoms with Crippen molar-refractivity contribution >= 4 is 0 Å². The smallest absolute Gasteiger partial charge is 0.0221 e. The van der Waals surface area contributed by atoms with Crippen LogP contribution in [-0.2, 0) is 0 Å². The molecule has 0 aromatic heterocycles. The molecule has 0 spiro atoms. The predicted molar refractivity (Wildman–Crippen MR) is 60.4 cm³/mol. The maximum Gasteiger partial charge on any atom is 0.0221 e.